The molecule has 2 rings (SSSR count). The Labute approximate surface area is 91.9 Å². The molecule has 0 bridgehead atoms. The number of aromatic hydroxyl groups is 1. The lowest BCUT2D eigenvalue weighted by Gasteiger charge is -2.09. The Morgan fingerprint density at radius 3 is 2.25 bits per heavy atom. The molecule has 2 aromatic carbocycles. The molecule has 0 aliphatic heterocycles. The van der Waals surface area contributed by atoms with Crippen LogP contribution in [0.25, 0.3) is 0 Å². The molecule has 0 saturated carbocycles. The molecule has 0 unspecified atom stereocenters. The van der Waals surface area contributed by atoms with Crippen LogP contribution in [0.3, 0.4) is 0 Å². The van der Waals surface area contributed by atoms with Crippen molar-refractivity contribution in [2.24, 2.45) is 0 Å². The standard InChI is InChI=1S/C12H11NO3/c1-2-7-3-5-8(6-4-7)13-9-10(14)12(16)11(9)15/h3-6,13-14H,2H2,1H3. The van der Waals surface area contributed by atoms with Gasteiger partial charge in [-0.15, -0.1) is 0 Å². The summed E-state index contributed by atoms with van der Waals surface area (Å²) in [5.41, 5.74) is 0.346. The molecular weight excluding hydrogens is 206 g/mol. The third-order valence-corrected chi connectivity index (χ3v) is 2.52. The van der Waals surface area contributed by atoms with E-state index >= 15 is 0 Å². The van der Waals surface area contributed by atoms with Gasteiger partial charge in [0, 0.05) is 5.69 Å². The quantitative estimate of drug-likeness (QED) is 0.760. The lowest BCUT2D eigenvalue weighted by atomic mass is 10.1. The van der Waals surface area contributed by atoms with E-state index in [9.17, 15) is 9.59 Å². The second-order valence-electron chi connectivity index (χ2n) is 3.56. The Balaban J connectivity index is 2.22. The van der Waals surface area contributed by atoms with Crippen LogP contribution in [0.2, 0.25) is 0 Å². The van der Waals surface area contributed by atoms with E-state index < -0.39 is 16.6 Å². The van der Waals surface area contributed by atoms with Crippen molar-refractivity contribution < 1.29 is 5.11 Å². The fraction of sp³-hybridized carbons (Fsp3) is 0.167. The van der Waals surface area contributed by atoms with Gasteiger partial charge in [-0.1, -0.05) is 19.1 Å². The molecular formula is C12H11NO3. The second-order valence-corrected chi connectivity index (χ2v) is 3.56. The van der Waals surface area contributed by atoms with Gasteiger partial charge in [-0.2, -0.15) is 0 Å². The first kappa shape index (κ1) is 10.4. The molecule has 4 heteroatoms. The summed E-state index contributed by atoms with van der Waals surface area (Å²) in [4.78, 5) is 21.8. The molecule has 0 saturated heterocycles. The van der Waals surface area contributed by atoms with Crippen molar-refractivity contribution in [2.75, 3.05) is 5.32 Å². The molecule has 0 spiro atoms. The van der Waals surface area contributed by atoms with E-state index in [2.05, 4.69) is 5.32 Å². The predicted octanol–water partition coefficient (Wildman–Crippen LogP) is 1.29. The van der Waals surface area contributed by atoms with Crippen molar-refractivity contribution in [1.29, 1.82) is 0 Å². The van der Waals surface area contributed by atoms with Crippen molar-refractivity contribution in [2.45, 2.75) is 13.3 Å². The SMILES string of the molecule is CCc1ccc(Nc2c(O)c(=O)c2=O)cc1. The predicted molar refractivity (Wildman–Crippen MR) is 62.1 cm³/mol. The van der Waals surface area contributed by atoms with Crippen LogP contribution in [-0.4, -0.2) is 5.11 Å². The van der Waals surface area contributed by atoms with Crippen LogP contribution in [-0.2, 0) is 6.42 Å². The van der Waals surface area contributed by atoms with Gasteiger partial charge in [0.25, 0.3) is 10.9 Å². The molecule has 0 aromatic heterocycles. The van der Waals surface area contributed by atoms with Crippen molar-refractivity contribution >= 4 is 11.4 Å². The topological polar surface area (TPSA) is 66.4 Å². The minimum Gasteiger partial charge on any atom is -0.502 e. The van der Waals surface area contributed by atoms with Crippen molar-refractivity contribution in [3.63, 3.8) is 0 Å². The lowest BCUT2D eigenvalue weighted by Crippen LogP contribution is -2.32. The Morgan fingerprint density at radius 2 is 1.75 bits per heavy atom. The highest BCUT2D eigenvalue weighted by Gasteiger charge is 2.19. The van der Waals surface area contributed by atoms with Gasteiger partial charge in [-0.25, -0.2) is 0 Å². The summed E-state index contributed by atoms with van der Waals surface area (Å²) < 4.78 is 0. The number of aryl methyl sites for hydroxylation is 1. The van der Waals surface area contributed by atoms with Crippen molar-refractivity contribution in [3.05, 3.63) is 50.3 Å². The largest absolute Gasteiger partial charge is 0.502 e. The maximum Gasteiger partial charge on any atom is 0.271 e. The second kappa shape index (κ2) is 3.81. The van der Waals surface area contributed by atoms with Gasteiger partial charge >= 0.3 is 0 Å². The fourth-order valence-electron chi connectivity index (χ4n) is 1.46. The summed E-state index contributed by atoms with van der Waals surface area (Å²) in [6, 6.07) is 7.44. The van der Waals surface area contributed by atoms with Gasteiger partial charge in [0.05, 0.1) is 0 Å². The number of hydrogen-bond donors (Lipinski definition) is 2. The molecule has 82 valence electrons. The maximum atomic E-state index is 11.1. The molecule has 0 atom stereocenters. The Bertz CT molecular complexity index is 577. The average Bonchev–Trinajstić information content (AvgIpc) is 2.35. The van der Waals surface area contributed by atoms with Crippen LogP contribution in [0, 0.1) is 0 Å². The van der Waals surface area contributed by atoms with Gasteiger partial charge in [0.1, 0.15) is 5.69 Å². The van der Waals surface area contributed by atoms with Crippen LogP contribution >= 0.6 is 0 Å². The first-order valence-electron chi connectivity index (χ1n) is 5.01. The highest BCUT2D eigenvalue weighted by Crippen LogP contribution is 2.21. The average molecular weight is 217 g/mol. The van der Waals surface area contributed by atoms with Gasteiger partial charge in [-0.3, -0.25) is 9.59 Å². The summed E-state index contributed by atoms with van der Waals surface area (Å²) in [7, 11) is 0. The van der Waals surface area contributed by atoms with E-state index in [-0.39, 0.29) is 5.69 Å². The third kappa shape index (κ3) is 1.58. The molecule has 0 heterocycles. The van der Waals surface area contributed by atoms with Gasteiger partial charge in [0.15, 0.2) is 5.75 Å². The third-order valence-electron chi connectivity index (χ3n) is 2.52. The number of hydrogen-bond acceptors (Lipinski definition) is 4. The summed E-state index contributed by atoms with van der Waals surface area (Å²) in [5, 5.41) is 11.9. The molecule has 0 aliphatic carbocycles. The van der Waals surface area contributed by atoms with Crippen molar-refractivity contribution in [1.82, 2.24) is 0 Å². The molecule has 16 heavy (non-hydrogen) atoms. The first-order valence-corrected chi connectivity index (χ1v) is 5.01. The number of benzene rings is 1. The summed E-state index contributed by atoms with van der Waals surface area (Å²) >= 11 is 0. The van der Waals surface area contributed by atoms with E-state index in [0.29, 0.717) is 5.69 Å². The Morgan fingerprint density at radius 1 is 1.12 bits per heavy atom. The van der Waals surface area contributed by atoms with Crippen molar-refractivity contribution in [3.8, 4) is 5.75 Å². The number of nitrogens with one attached hydrogen (secondary N) is 1. The normalized spacial score (nSPS) is 10.6. The van der Waals surface area contributed by atoms with E-state index in [4.69, 9.17) is 5.11 Å². The molecule has 0 aliphatic rings. The molecule has 2 aromatic rings. The van der Waals surface area contributed by atoms with E-state index in [1.807, 2.05) is 19.1 Å². The minimum absolute atomic E-state index is 0.0192. The summed E-state index contributed by atoms with van der Waals surface area (Å²) in [5.74, 6) is -0.482. The Hall–Kier alpha value is -2.10. The van der Waals surface area contributed by atoms with Gasteiger partial charge in [-0.05, 0) is 24.1 Å². The lowest BCUT2D eigenvalue weighted by molar-refractivity contribution is 0.466. The first-order chi connectivity index (χ1) is 7.63. The summed E-state index contributed by atoms with van der Waals surface area (Å²) in [6.45, 7) is 2.05. The van der Waals surface area contributed by atoms with Gasteiger partial charge < -0.3 is 10.4 Å². The van der Waals surface area contributed by atoms with E-state index in [0.717, 1.165) is 6.42 Å². The molecule has 0 fully saturated rings. The minimum atomic E-state index is -0.826. The van der Waals surface area contributed by atoms with Gasteiger partial charge in [0.2, 0.25) is 0 Å². The fourth-order valence-corrected chi connectivity index (χ4v) is 1.46. The highest BCUT2D eigenvalue weighted by atomic mass is 16.3. The maximum absolute atomic E-state index is 11.1. The number of anilines is 2. The summed E-state index contributed by atoms with van der Waals surface area (Å²) in [6.07, 6.45) is 0.936. The van der Waals surface area contributed by atoms with E-state index in [1.165, 1.54) is 5.56 Å². The Kier molecular flexibility index (Phi) is 2.48. The van der Waals surface area contributed by atoms with Crippen LogP contribution in [0.1, 0.15) is 12.5 Å². The van der Waals surface area contributed by atoms with Crippen LogP contribution in [0.5, 0.6) is 5.75 Å². The zero-order valence-electron chi connectivity index (χ0n) is 8.78. The monoisotopic (exact) mass is 217 g/mol. The zero-order valence-corrected chi connectivity index (χ0v) is 8.78. The molecule has 0 radical (unpaired) electrons. The molecule has 2 N–H and O–H groups in total. The smallest absolute Gasteiger partial charge is 0.271 e. The highest BCUT2D eigenvalue weighted by molar-refractivity contribution is 5.69. The zero-order chi connectivity index (χ0) is 11.7. The molecule has 4 nitrogen and oxygen atoms in total. The molecule has 0 amide bonds. The van der Waals surface area contributed by atoms with Crippen LogP contribution < -0.4 is 16.2 Å². The van der Waals surface area contributed by atoms with Crippen LogP contribution in [0.4, 0.5) is 11.4 Å². The van der Waals surface area contributed by atoms with Crippen LogP contribution in [0.15, 0.2) is 33.9 Å². The number of rotatable bonds is 3. The van der Waals surface area contributed by atoms with E-state index in [1.54, 1.807) is 12.1 Å².